The van der Waals surface area contributed by atoms with Crippen LogP contribution in [-0.2, 0) is 9.53 Å². The third kappa shape index (κ3) is 7.24. The van der Waals surface area contributed by atoms with E-state index >= 15 is 0 Å². The van der Waals surface area contributed by atoms with E-state index in [-0.39, 0.29) is 24.2 Å². The van der Waals surface area contributed by atoms with E-state index in [1.165, 1.54) is 0 Å². The summed E-state index contributed by atoms with van der Waals surface area (Å²) in [7, 11) is 0. The van der Waals surface area contributed by atoms with Crippen LogP contribution in [0.3, 0.4) is 0 Å². The molecule has 0 bridgehead atoms. The Labute approximate surface area is 157 Å². The zero-order valence-electron chi connectivity index (χ0n) is 16.3. The van der Waals surface area contributed by atoms with Crippen molar-refractivity contribution in [2.24, 2.45) is 0 Å². The van der Waals surface area contributed by atoms with E-state index in [0.717, 1.165) is 50.2 Å². The highest BCUT2D eigenvalue weighted by Crippen LogP contribution is 2.25. The molecule has 1 aliphatic carbocycles. The van der Waals surface area contributed by atoms with Crippen LogP contribution in [0.2, 0.25) is 0 Å². The van der Waals surface area contributed by atoms with Crippen molar-refractivity contribution in [3.8, 4) is 11.5 Å². The monoisotopic (exact) mass is 363 g/mol. The molecule has 0 spiro atoms. The summed E-state index contributed by atoms with van der Waals surface area (Å²) in [5.74, 6) is 1.72. The molecule has 2 rings (SSSR count). The third-order valence-electron chi connectivity index (χ3n) is 4.41. The number of nitrogens with one attached hydrogen (secondary N) is 1. The first-order valence-corrected chi connectivity index (χ1v) is 9.89. The van der Waals surface area contributed by atoms with Gasteiger partial charge in [0.05, 0.1) is 25.4 Å². The van der Waals surface area contributed by atoms with E-state index in [1.54, 1.807) is 0 Å². The molecule has 1 saturated carbocycles. The number of amides is 1. The van der Waals surface area contributed by atoms with Crippen LogP contribution in [0.5, 0.6) is 11.5 Å². The Kier molecular flexibility index (Phi) is 8.75. The van der Waals surface area contributed by atoms with Crippen LogP contribution in [0.1, 0.15) is 59.3 Å². The summed E-state index contributed by atoms with van der Waals surface area (Å²) in [6, 6.07) is 7.81. The molecule has 146 valence electrons. The summed E-state index contributed by atoms with van der Waals surface area (Å²) >= 11 is 0. The Morgan fingerprint density at radius 2 is 1.81 bits per heavy atom. The van der Waals surface area contributed by atoms with E-state index in [2.05, 4.69) is 12.2 Å². The molecule has 0 radical (unpaired) electrons. The number of carbonyl (C=O) groups excluding carboxylic acids is 1. The van der Waals surface area contributed by atoms with Gasteiger partial charge in [-0.25, -0.2) is 0 Å². The maximum absolute atomic E-state index is 12.2. The average Bonchev–Trinajstić information content (AvgIpc) is 2.62. The van der Waals surface area contributed by atoms with Crippen LogP contribution < -0.4 is 14.8 Å². The van der Waals surface area contributed by atoms with Crippen molar-refractivity contribution in [1.29, 1.82) is 0 Å². The van der Waals surface area contributed by atoms with Crippen LogP contribution in [-0.4, -0.2) is 37.4 Å². The molecular weight excluding hydrogens is 330 g/mol. The lowest BCUT2D eigenvalue weighted by atomic mass is 9.92. The molecule has 1 amide bonds. The number of rotatable bonds is 10. The van der Waals surface area contributed by atoms with Crippen molar-refractivity contribution in [2.75, 3.05) is 13.2 Å². The first kappa shape index (κ1) is 20.6. The van der Waals surface area contributed by atoms with Gasteiger partial charge in [-0.3, -0.25) is 4.79 Å². The molecule has 0 aliphatic heterocycles. The van der Waals surface area contributed by atoms with Crippen molar-refractivity contribution < 1.29 is 19.0 Å². The van der Waals surface area contributed by atoms with Gasteiger partial charge in [0, 0.05) is 6.42 Å². The molecule has 1 aliphatic rings. The first-order chi connectivity index (χ1) is 12.6. The van der Waals surface area contributed by atoms with E-state index in [4.69, 9.17) is 14.2 Å². The Bertz CT molecular complexity index is 529. The smallest absolute Gasteiger partial charge is 0.222 e. The molecule has 1 fully saturated rings. The van der Waals surface area contributed by atoms with Crippen molar-refractivity contribution in [3.63, 3.8) is 0 Å². The molecule has 2 atom stereocenters. The summed E-state index contributed by atoms with van der Waals surface area (Å²) in [6.45, 7) is 7.21. The number of ether oxygens (including phenoxy) is 3. The zero-order valence-corrected chi connectivity index (χ0v) is 16.3. The molecule has 1 aromatic carbocycles. The fraction of sp³-hybridized carbons (Fsp3) is 0.667. The van der Waals surface area contributed by atoms with Crippen LogP contribution in [0.25, 0.3) is 0 Å². The second-order valence-electron chi connectivity index (χ2n) is 7.10. The Hall–Kier alpha value is -1.75. The fourth-order valence-electron chi connectivity index (χ4n) is 3.08. The van der Waals surface area contributed by atoms with Crippen LogP contribution >= 0.6 is 0 Å². The predicted molar refractivity (Wildman–Crippen MR) is 103 cm³/mol. The Morgan fingerprint density at radius 1 is 1.12 bits per heavy atom. The highest BCUT2D eigenvalue weighted by atomic mass is 16.5. The van der Waals surface area contributed by atoms with Crippen LogP contribution in [0.4, 0.5) is 0 Å². The molecule has 5 heteroatoms. The number of hydrogen-bond acceptors (Lipinski definition) is 4. The average molecular weight is 363 g/mol. The molecule has 0 heterocycles. The number of benzene rings is 1. The van der Waals surface area contributed by atoms with Gasteiger partial charge in [-0.1, -0.05) is 13.3 Å². The van der Waals surface area contributed by atoms with E-state index in [9.17, 15) is 4.79 Å². The second-order valence-corrected chi connectivity index (χ2v) is 7.10. The fourth-order valence-corrected chi connectivity index (χ4v) is 3.08. The summed E-state index contributed by atoms with van der Waals surface area (Å²) in [4.78, 5) is 12.2. The minimum atomic E-state index is 0.0149. The molecule has 5 nitrogen and oxygen atoms in total. The molecule has 0 aromatic heterocycles. The Morgan fingerprint density at radius 3 is 2.50 bits per heavy atom. The van der Waals surface area contributed by atoms with Gasteiger partial charge in [-0.15, -0.1) is 0 Å². The van der Waals surface area contributed by atoms with Gasteiger partial charge < -0.3 is 19.5 Å². The van der Waals surface area contributed by atoms with Crippen LogP contribution in [0, 0.1) is 0 Å². The van der Waals surface area contributed by atoms with Crippen LogP contribution in [0.15, 0.2) is 24.3 Å². The van der Waals surface area contributed by atoms with Gasteiger partial charge >= 0.3 is 0 Å². The summed E-state index contributed by atoms with van der Waals surface area (Å²) < 4.78 is 17.2. The van der Waals surface area contributed by atoms with Gasteiger partial charge in [0.25, 0.3) is 0 Å². The lowest BCUT2D eigenvalue weighted by Gasteiger charge is -2.32. The normalized spacial score (nSPS) is 20.0. The van der Waals surface area contributed by atoms with Crippen molar-refractivity contribution in [1.82, 2.24) is 5.32 Å². The molecule has 26 heavy (non-hydrogen) atoms. The second kappa shape index (κ2) is 11.1. The van der Waals surface area contributed by atoms with E-state index < -0.39 is 0 Å². The standard InChI is InChI=1S/C21H33NO4/c1-4-14-25-17-9-11-18(12-10-17)26-20-8-6-5-7-19(20)22-21(23)13-15-24-16(2)3/h9-12,16,19-20H,4-8,13-15H2,1-3H3,(H,22,23)/t19-,20+/m0/s1. The molecule has 1 N–H and O–H groups in total. The number of carbonyl (C=O) groups is 1. The van der Waals surface area contributed by atoms with Crippen molar-refractivity contribution >= 4 is 5.91 Å². The molecule has 0 saturated heterocycles. The van der Waals surface area contributed by atoms with E-state index in [1.807, 2.05) is 38.1 Å². The van der Waals surface area contributed by atoms with Crippen molar-refractivity contribution in [2.45, 2.75) is 77.5 Å². The van der Waals surface area contributed by atoms with Gasteiger partial charge in [0.2, 0.25) is 5.91 Å². The lowest BCUT2D eigenvalue weighted by molar-refractivity contribution is -0.124. The number of hydrogen-bond donors (Lipinski definition) is 1. The third-order valence-corrected chi connectivity index (χ3v) is 4.41. The SMILES string of the molecule is CCCOc1ccc(O[C@@H]2CCCC[C@@H]2NC(=O)CCOC(C)C)cc1. The predicted octanol–water partition coefficient (Wildman–Crippen LogP) is 4.10. The van der Waals surface area contributed by atoms with Gasteiger partial charge in [-0.05, 0) is 63.8 Å². The Balaban J connectivity index is 1.84. The van der Waals surface area contributed by atoms with Gasteiger partial charge in [0.15, 0.2) is 0 Å². The highest BCUT2D eigenvalue weighted by Gasteiger charge is 2.28. The summed E-state index contributed by atoms with van der Waals surface area (Å²) in [5.41, 5.74) is 0. The minimum absolute atomic E-state index is 0.0149. The quantitative estimate of drug-likeness (QED) is 0.680. The lowest BCUT2D eigenvalue weighted by Crippen LogP contribution is -2.47. The zero-order chi connectivity index (χ0) is 18.8. The molecule has 0 unspecified atom stereocenters. The largest absolute Gasteiger partial charge is 0.494 e. The van der Waals surface area contributed by atoms with Gasteiger partial charge in [0.1, 0.15) is 17.6 Å². The maximum Gasteiger partial charge on any atom is 0.222 e. The maximum atomic E-state index is 12.2. The topological polar surface area (TPSA) is 56.8 Å². The molecule has 1 aromatic rings. The first-order valence-electron chi connectivity index (χ1n) is 9.89. The summed E-state index contributed by atoms with van der Waals surface area (Å²) in [6.07, 6.45) is 5.72. The van der Waals surface area contributed by atoms with Crippen molar-refractivity contribution in [3.05, 3.63) is 24.3 Å². The van der Waals surface area contributed by atoms with Gasteiger partial charge in [-0.2, -0.15) is 0 Å². The molecular formula is C21H33NO4. The summed E-state index contributed by atoms with van der Waals surface area (Å²) in [5, 5.41) is 3.13. The van der Waals surface area contributed by atoms with E-state index in [0.29, 0.717) is 13.0 Å². The highest BCUT2D eigenvalue weighted by molar-refractivity contribution is 5.76. The minimum Gasteiger partial charge on any atom is -0.494 e.